The predicted molar refractivity (Wildman–Crippen MR) is 280 cm³/mol. The fourth-order valence-electron chi connectivity index (χ4n) is 10.4. The number of nitrogens with zero attached hydrogens (tertiary/aromatic N) is 5. The topological polar surface area (TPSA) is 209 Å². The normalized spacial score (nSPS) is 18.7. The zero-order valence-corrected chi connectivity index (χ0v) is 46.3. The second-order valence-corrected chi connectivity index (χ2v) is 21.5. The zero-order valence-electron chi connectivity index (χ0n) is 45.5. The van der Waals surface area contributed by atoms with Gasteiger partial charge in [0.2, 0.25) is 29.5 Å². The first-order valence-electron chi connectivity index (χ1n) is 26.4. The molecule has 4 rings (SSSR count). The third-order valence-electron chi connectivity index (χ3n) is 14.8. The fraction of sp³-hybridized carbons (Fsp3) is 0.722. The van der Waals surface area contributed by atoms with Gasteiger partial charge in [-0.1, -0.05) is 85.2 Å². The first kappa shape index (κ1) is 61.0. The largest absolute Gasteiger partial charge is 0.481 e. The smallest absolute Gasteiger partial charge is 0.306 e. The van der Waals surface area contributed by atoms with E-state index in [9.17, 15) is 33.9 Å². The van der Waals surface area contributed by atoms with Gasteiger partial charge in [0.1, 0.15) is 11.0 Å². The summed E-state index contributed by atoms with van der Waals surface area (Å²) in [6.45, 7) is 16.7. The second kappa shape index (κ2) is 30.7. The molecule has 2 saturated heterocycles. The number of carbonyl (C=O) groups is 6. The molecule has 73 heavy (non-hydrogen) atoms. The molecule has 19 heteroatoms. The molecule has 0 bridgehead atoms. The van der Waals surface area contributed by atoms with Crippen molar-refractivity contribution in [3.05, 3.63) is 52.5 Å². The number of nitrogens with one attached hydrogen (secondary N) is 2. The van der Waals surface area contributed by atoms with Crippen LogP contribution in [0, 0.1) is 29.6 Å². The van der Waals surface area contributed by atoms with Gasteiger partial charge in [0, 0.05) is 59.0 Å². The number of rotatable bonds is 31. The highest BCUT2D eigenvalue weighted by atomic mass is 32.1. The first-order valence-corrected chi connectivity index (χ1v) is 27.2. The van der Waals surface area contributed by atoms with Crippen LogP contribution in [-0.4, -0.2) is 182 Å². The predicted octanol–water partition coefficient (Wildman–Crippen LogP) is 5.31. The van der Waals surface area contributed by atoms with Crippen molar-refractivity contribution in [1.29, 1.82) is 0 Å². The van der Waals surface area contributed by atoms with E-state index in [1.165, 1.54) is 11.3 Å². The van der Waals surface area contributed by atoms with Gasteiger partial charge in [-0.05, 0) is 62.5 Å². The zero-order chi connectivity index (χ0) is 53.8. The number of carboxylic acids is 1. The van der Waals surface area contributed by atoms with Crippen LogP contribution in [0.3, 0.4) is 0 Å². The van der Waals surface area contributed by atoms with E-state index in [1.807, 2.05) is 101 Å². The molecule has 2 aliphatic rings. The summed E-state index contributed by atoms with van der Waals surface area (Å²) in [4.78, 5) is 92.7. The first-order chi connectivity index (χ1) is 34.8. The third-order valence-corrected chi connectivity index (χ3v) is 15.7. The summed E-state index contributed by atoms with van der Waals surface area (Å²) >= 11 is 1.49. The highest BCUT2D eigenvalue weighted by molar-refractivity contribution is 7.09. The molecule has 5 amide bonds. The monoisotopic (exact) mass is 1040 g/mol. The molecule has 3 heterocycles. The Hall–Kier alpha value is -4.53. The van der Waals surface area contributed by atoms with Crippen LogP contribution in [0.1, 0.15) is 110 Å². The van der Waals surface area contributed by atoms with Crippen molar-refractivity contribution in [1.82, 2.24) is 35.2 Å². The summed E-state index contributed by atoms with van der Waals surface area (Å²) in [5, 5.41) is 18.2. The number of ether oxygens (including phenoxy) is 4. The van der Waals surface area contributed by atoms with E-state index in [2.05, 4.69) is 15.6 Å². The van der Waals surface area contributed by atoms with Crippen LogP contribution in [0.4, 0.5) is 0 Å². The minimum Gasteiger partial charge on any atom is -0.481 e. The molecule has 0 saturated carbocycles. The molecule has 0 unspecified atom stereocenters. The maximum atomic E-state index is 14.7. The molecule has 2 fully saturated rings. The molecular weight excluding hydrogens is 955 g/mol. The Kier molecular flexibility index (Phi) is 25.7. The van der Waals surface area contributed by atoms with E-state index in [4.69, 9.17) is 18.9 Å². The molecule has 1 aromatic heterocycles. The number of hydrogen-bond acceptors (Lipinski definition) is 13. The van der Waals surface area contributed by atoms with Crippen molar-refractivity contribution >= 4 is 46.8 Å². The summed E-state index contributed by atoms with van der Waals surface area (Å²) in [5.41, 5.74) is 1.08. The second-order valence-electron chi connectivity index (χ2n) is 20.6. The summed E-state index contributed by atoms with van der Waals surface area (Å²) in [6, 6.07) is 7.37. The summed E-state index contributed by atoms with van der Waals surface area (Å²) < 4.78 is 23.6. The lowest BCUT2D eigenvalue weighted by Crippen LogP contribution is -2.60. The van der Waals surface area contributed by atoms with Gasteiger partial charge in [-0.15, -0.1) is 11.3 Å². The number of hydrogen-bond donors (Lipinski definition) is 3. The Morgan fingerprint density at radius 2 is 1.51 bits per heavy atom. The van der Waals surface area contributed by atoms with Gasteiger partial charge in [0.15, 0.2) is 0 Å². The lowest BCUT2D eigenvalue weighted by Gasteiger charge is -2.41. The quantitative estimate of drug-likeness (QED) is 0.0820. The Balaban J connectivity index is 1.33. The lowest BCUT2D eigenvalue weighted by molar-refractivity contribution is -0.148. The highest BCUT2D eigenvalue weighted by Gasteiger charge is 2.43. The molecule has 2 aliphatic heterocycles. The van der Waals surface area contributed by atoms with Crippen LogP contribution < -0.4 is 10.6 Å². The Bertz CT molecular complexity index is 2000. The molecule has 0 radical (unpaired) electrons. The average Bonchev–Trinajstić information content (AvgIpc) is 4.10. The van der Waals surface area contributed by atoms with Crippen LogP contribution in [0.5, 0.6) is 0 Å². The number of methoxy groups -OCH3 is 2. The van der Waals surface area contributed by atoms with Gasteiger partial charge in [0.05, 0.1) is 87.5 Å². The number of likely N-dealkylation sites (N-methyl/N-ethyl adjacent to an activating group) is 2. The Labute approximate surface area is 438 Å². The van der Waals surface area contributed by atoms with Gasteiger partial charge in [-0.25, -0.2) is 4.98 Å². The van der Waals surface area contributed by atoms with E-state index in [0.29, 0.717) is 78.1 Å². The van der Waals surface area contributed by atoms with Crippen molar-refractivity contribution in [2.24, 2.45) is 29.6 Å². The maximum absolute atomic E-state index is 14.7. The Morgan fingerprint density at radius 3 is 2.08 bits per heavy atom. The summed E-state index contributed by atoms with van der Waals surface area (Å²) in [6.07, 6.45) is 4.34. The molecule has 2 aromatic rings. The molecule has 410 valence electrons. The molecule has 9 atom stereocenters. The molecule has 0 aliphatic carbocycles. The molecule has 0 spiro atoms. The van der Waals surface area contributed by atoms with Crippen LogP contribution in [0.25, 0.3) is 0 Å². The number of thiazole rings is 1. The number of piperidine rings is 1. The minimum absolute atomic E-state index is 0.00324. The number of carboxylic acid groups (broad SMARTS) is 1. The van der Waals surface area contributed by atoms with Crippen molar-refractivity contribution in [3.8, 4) is 0 Å². The number of benzene rings is 1. The lowest BCUT2D eigenvalue weighted by atomic mass is 9.89. The van der Waals surface area contributed by atoms with Crippen LogP contribution in [-0.2, 0) is 54.1 Å². The molecule has 3 N–H and O–H groups in total. The van der Waals surface area contributed by atoms with Gasteiger partial charge < -0.3 is 49.4 Å². The third kappa shape index (κ3) is 17.8. The van der Waals surface area contributed by atoms with Crippen molar-refractivity contribution in [3.63, 3.8) is 0 Å². The van der Waals surface area contributed by atoms with Gasteiger partial charge >= 0.3 is 5.97 Å². The van der Waals surface area contributed by atoms with Crippen LogP contribution >= 0.6 is 11.3 Å². The van der Waals surface area contributed by atoms with E-state index >= 15 is 0 Å². The van der Waals surface area contributed by atoms with Gasteiger partial charge in [-0.2, -0.15) is 0 Å². The number of carbonyl (C=O) groups excluding carboxylic acids is 5. The van der Waals surface area contributed by atoms with E-state index in [0.717, 1.165) is 17.0 Å². The van der Waals surface area contributed by atoms with E-state index < -0.39 is 48.1 Å². The number of aliphatic carboxylic acids is 1. The van der Waals surface area contributed by atoms with E-state index in [1.54, 1.807) is 37.3 Å². The summed E-state index contributed by atoms with van der Waals surface area (Å²) in [5.74, 6) is -3.14. The Morgan fingerprint density at radius 1 is 0.836 bits per heavy atom. The van der Waals surface area contributed by atoms with Crippen molar-refractivity contribution < 1.29 is 52.8 Å². The minimum atomic E-state index is -0.857. The fourth-order valence-corrected chi connectivity index (χ4v) is 11.1. The molecule has 1 aromatic carbocycles. The SMILES string of the molecule is CC[C@H](C)[C@@H]([C@@H](CC(=O)N1CCC[C@H]1[C@H](OC)[C@@H](C)C(=O)N[C@@H](Cc1ccccc1)c1nccs1)OC)N(C)C(=O)[C@@H](NC(=O)[C@H](C(C)C)N(C)CCOCCOCCC(=O)N1CCC(C(=O)O)CC1)C(C)C. The number of likely N-dealkylation sites (tertiary alicyclic amines) is 2. The van der Waals surface area contributed by atoms with Gasteiger partial charge in [0.25, 0.3) is 0 Å². The molecule has 18 nitrogen and oxygen atoms in total. The standard InChI is InChI=1S/C54H87N7O11S/c1-12-37(6)48(43(69-10)34-45(63)61-24-16-19-42(61)49(70-11)38(7)50(64)56-41(52-55-23-32-73-52)33-39-17-14-13-15-18-39)59(9)53(66)46(35(2)3)57-51(65)47(36(4)5)58(8)27-29-72-31-30-71-28-22-44(62)60-25-20-40(21-26-60)54(67)68/h13-15,17-18,23,32,35-38,40-43,46-49H,12,16,19-22,24-31,33-34H2,1-11H3,(H,56,64)(H,57,65)(H,67,68)/t37-,38+,41-,42-,43+,46-,47-,48-,49+/m0/s1. The van der Waals surface area contributed by atoms with Crippen molar-refractivity contribution in [2.45, 2.75) is 142 Å². The highest BCUT2D eigenvalue weighted by Crippen LogP contribution is 2.31. The van der Waals surface area contributed by atoms with Crippen molar-refractivity contribution in [2.75, 3.05) is 80.9 Å². The average molecular weight is 1040 g/mol. The number of amides is 5. The summed E-state index contributed by atoms with van der Waals surface area (Å²) in [7, 11) is 6.73. The number of aromatic nitrogens is 1. The molecular formula is C54H87N7O11S. The maximum Gasteiger partial charge on any atom is 0.306 e. The van der Waals surface area contributed by atoms with Gasteiger partial charge in [-0.3, -0.25) is 33.7 Å². The van der Waals surface area contributed by atoms with Crippen LogP contribution in [0.2, 0.25) is 0 Å². The van der Waals surface area contributed by atoms with Crippen LogP contribution in [0.15, 0.2) is 41.9 Å². The van der Waals surface area contributed by atoms with E-state index in [-0.39, 0.29) is 78.8 Å².